The first-order chi connectivity index (χ1) is 5.84. The molecule has 0 saturated carbocycles. The van der Waals surface area contributed by atoms with Crippen LogP contribution in [0.3, 0.4) is 0 Å². The molecule has 0 amide bonds. The number of H-pyrrole nitrogens is 1. The number of aromatic amines is 1. The maximum Gasteiger partial charge on any atom is 0.328 e. The highest BCUT2D eigenvalue weighted by Crippen LogP contribution is 1.61. The molecule has 0 spiro atoms. The number of hydrogen-bond acceptors (Lipinski definition) is 2. The fraction of sp³-hybridized carbons (Fsp3) is 0.200. The van der Waals surface area contributed by atoms with Gasteiger partial charge in [0.25, 0.3) is 5.56 Å². The highest BCUT2D eigenvalue weighted by atomic mass is 16.2. The van der Waals surface area contributed by atoms with E-state index in [0.717, 1.165) is 12.3 Å². The van der Waals surface area contributed by atoms with E-state index < -0.39 is 18.2 Å². The largest absolute Gasteiger partial charge is 0.328 e. The van der Waals surface area contributed by atoms with Crippen molar-refractivity contribution in [2.45, 2.75) is 0 Å². The van der Waals surface area contributed by atoms with Gasteiger partial charge in [-0.25, -0.2) is 4.79 Å². The van der Waals surface area contributed by atoms with Crippen molar-refractivity contribution in [1.29, 1.82) is 0 Å². The van der Waals surface area contributed by atoms with Gasteiger partial charge >= 0.3 is 5.69 Å². The smallest absolute Gasteiger partial charge is 0.304 e. The van der Waals surface area contributed by atoms with Gasteiger partial charge in [0.15, 0.2) is 1.41 Å². The van der Waals surface area contributed by atoms with Crippen LogP contribution in [0.2, 0.25) is 1.41 Å². The van der Waals surface area contributed by atoms with Crippen molar-refractivity contribution in [3.8, 4) is 0 Å². The normalized spacial score (nSPS) is 17.3. The zero-order valence-corrected chi connectivity index (χ0v) is 4.37. The van der Waals surface area contributed by atoms with Crippen molar-refractivity contribution in [3.63, 3.8) is 0 Å². The average molecular weight is 130 g/mol. The van der Waals surface area contributed by atoms with E-state index in [0.29, 0.717) is 4.57 Å². The van der Waals surface area contributed by atoms with Crippen LogP contribution >= 0.6 is 0 Å². The highest BCUT2D eigenvalue weighted by Gasteiger charge is 1.85. The molecule has 0 saturated heterocycles. The van der Waals surface area contributed by atoms with Crippen LogP contribution in [0.25, 0.3) is 0 Å². The number of nitrogens with one attached hydrogen (secondary N) is 1. The van der Waals surface area contributed by atoms with Crippen LogP contribution in [-0.2, 0) is 6.98 Å². The van der Waals surface area contributed by atoms with Gasteiger partial charge < -0.3 is 4.57 Å². The molecule has 0 fully saturated rings. The number of hydrogen-bond donors (Lipinski definition) is 1. The molecule has 0 bridgehead atoms. The summed E-state index contributed by atoms with van der Waals surface area (Å²) < 4.78 is 27.9. The Morgan fingerprint density at radius 1 is 1.89 bits per heavy atom. The van der Waals surface area contributed by atoms with Crippen LogP contribution in [0.1, 0.15) is 4.11 Å². The van der Waals surface area contributed by atoms with Crippen LogP contribution < -0.4 is 11.2 Å². The SMILES string of the molecule is [2H]n1c(=O)ccn(C([2H])([2H])[2H])c1=O. The van der Waals surface area contributed by atoms with Crippen molar-refractivity contribution in [2.75, 3.05) is 0 Å². The molecule has 0 radical (unpaired) electrons. The summed E-state index contributed by atoms with van der Waals surface area (Å²) in [5, 5.41) is 0. The van der Waals surface area contributed by atoms with Crippen LogP contribution in [0.5, 0.6) is 0 Å². The van der Waals surface area contributed by atoms with Gasteiger partial charge in [-0.15, -0.1) is 0 Å². The summed E-state index contributed by atoms with van der Waals surface area (Å²) in [6, 6.07) is 0.848. The number of aromatic nitrogens is 2. The number of nitrogens with zero attached hydrogens (tertiary/aromatic N) is 1. The summed E-state index contributed by atoms with van der Waals surface area (Å²) >= 11 is 0. The van der Waals surface area contributed by atoms with Crippen LogP contribution in [0.4, 0.5) is 0 Å². The van der Waals surface area contributed by atoms with Gasteiger partial charge in [0.1, 0.15) is 0 Å². The summed E-state index contributed by atoms with van der Waals surface area (Å²) in [6.45, 7) is -2.66. The molecule has 1 aromatic rings. The van der Waals surface area contributed by atoms with Crippen LogP contribution in [-0.4, -0.2) is 9.54 Å². The first kappa shape index (κ1) is 2.51. The minimum Gasteiger partial charge on any atom is -0.304 e. The lowest BCUT2D eigenvalue weighted by molar-refractivity contribution is 0.799. The fourth-order valence-corrected chi connectivity index (χ4v) is 0.387. The number of aryl methyl sites for hydroxylation is 1. The predicted octanol–water partition coefficient (Wildman–Crippen LogP) is -0.926. The third-order valence-corrected chi connectivity index (χ3v) is 0.778. The van der Waals surface area contributed by atoms with Gasteiger partial charge in [-0.05, 0) is 0 Å². The second kappa shape index (κ2) is 1.89. The molecule has 9 heavy (non-hydrogen) atoms. The van der Waals surface area contributed by atoms with Crippen molar-refractivity contribution in [3.05, 3.63) is 33.1 Å². The third kappa shape index (κ3) is 1.07. The molecule has 4 heteroatoms. The van der Waals surface area contributed by atoms with Gasteiger partial charge in [0, 0.05) is 23.4 Å². The maximum atomic E-state index is 11.0. The van der Waals surface area contributed by atoms with Crippen molar-refractivity contribution in [2.24, 2.45) is 6.98 Å². The maximum absolute atomic E-state index is 11.0. The summed E-state index contributed by atoms with van der Waals surface area (Å²) in [5.41, 5.74) is -2.03. The molecule has 1 rings (SSSR count). The van der Waals surface area contributed by atoms with Crippen LogP contribution in [0.15, 0.2) is 21.9 Å². The lowest BCUT2D eigenvalue weighted by Crippen LogP contribution is -2.26. The van der Waals surface area contributed by atoms with E-state index >= 15 is 0 Å². The summed E-state index contributed by atoms with van der Waals surface area (Å²) in [7, 11) is 0. The Labute approximate surface area is 56.4 Å². The standard InChI is InChI=1S/C5H6N2O2/c1-7-3-2-4(8)6-5(7)9/h2-3H,1H3,(H,6,8,9)/i1D3/hD. The van der Waals surface area contributed by atoms with Crippen LogP contribution in [0, 0.1) is 0 Å². The zero-order chi connectivity index (χ0) is 10.2. The van der Waals surface area contributed by atoms with E-state index in [2.05, 4.69) is 0 Å². The average Bonchev–Trinajstić information content (AvgIpc) is 1.98. The molecule has 1 N–H and O–H groups in total. The molecular weight excluding hydrogens is 120 g/mol. The van der Waals surface area contributed by atoms with Gasteiger partial charge in [-0.2, -0.15) is 0 Å². The Kier molecular flexibility index (Phi) is 0.527. The molecule has 0 atom stereocenters. The quantitative estimate of drug-likeness (QED) is 0.493. The minimum atomic E-state index is -2.66. The van der Waals surface area contributed by atoms with Gasteiger partial charge in [-0.3, -0.25) is 9.77 Å². The van der Waals surface area contributed by atoms with E-state index in [1.807, 2.05) is 0 Å². The van der Waals surface area contributed by atoms with Gasteiger partial charge in [0.05, 0.1) is 0 Å². The van der Waals surface area contributed by atoms with Gasteiger partial charge in [0.2, 0.25) is 0 Å². The first-order valence-corrected chi connectivity index (χ1v) is 2.18. The zero-order valence-electron chi connectivity index (χ0n) is 8.37. The second-order valence-corrected chi connectivity index (χ2v) is 1.42. The lowest BCUT2D eigenvalue weighted by atomic mass is 10.6. The Balaban J connectivity index is 3.54. The van der Waals surface area contributed by atoms with Gasteiger partial charge in [-0.1, -0.05) is 0 Å². The molecule has 1 heterocycles. The molecule has 0 aliphatic heterocycles. The Morgan fingerprint density at radius 2 is 2.67 bits per heavy atom. The first-order valence-electron chi connectivity index (χ1n) is 4.13. The van der Waals surface area contributed by atoms with E-state index in [-0.39, 0.29) is 4.98 Å². The minimum absolute atomic E-state index is 0.00757. The summed E-state index contributed by atoms with van der Waals surface area (Å²) in [6.07, 6.45) is 0.850. The van der Waals surface area contributed by atoms with Crippen molar-refractivity contribution in [1.82, 2.24) is 9.54 Å². The monoisotopic (exact) mass is 130 g/mol. The topological polar surface area (TPSA) is 54.9 Å². The Morgan fingerprint density at radius 3 is 3.33 bits per heavy atom. The number of rotatable bonds is 0. The summed E-state index contributed by atoms with van der Waals surface area (Å²) in [5.74, 6) is 0. The molecule has 0 aliphatic carbocycles. The molecule has 4 nitrogen and oxygen atoms in total. The van der Waals surface area contributed by atoms with E-state index in [4.69, 9.17) is 5.52 Å². The molecule has 48 valence electrons. The second-order valence-electron chi connectivity index (χ2n) is 1.42. The molecular formula is C5H6N2O2. The highest BCUT2D eigenvalue weighted by molar-refractivity contribution is 4.80. The van der Waals surface area contributed by atoms with E-state index in [1.165, 1.54) is 0 Å². The molecule has 0 aliphatic rings. The van der Waals surface area contributed by atoms with E-state index in [9.17, 15) is 9.59 Å². The predicted molar refractivity (Wildman–Crippen MR) is 32.3 cm³/mol. The Bertz CT molecular complexity index is 429. The lowest BCUT2D eigenvalue weighted by Gasteiger charge is -1.89. The fourth-order valence-electron chi connectivity index (χ4n) is 0.387. The molecule has 0 unspecified atom stereocenters. The molecule has 1 aromatic heterocycles. The molecule has 0 aromatic carbocycles. The van der Waals surface area contributed by atoms with Crippen molar-refractivity contribution >= 4 is 0 Å². The third-order valence-electron chi connectivity index (χ3n) is 0.778. The summed E-state index contributed by atoms with van der Waals surface area (Å²) in [4.78, 5) is 21.7. The Hall–Kier alpha value is -1.32. The van der Waals surface area contributed by atoms with Crippen molar-refractivity contribution < 1.29 is 5.52 Å². The van der Waals surface area contributed by atoms with E-state index in [1.54, 1.807) is 0 Å².